The highest BCUT2D eigenvalue weighted by Crippen LogP contribution is 2.31. The van der Waals surface area contributed by atoms with E-state index in [4.69, 9.17) is 0 Å². The molecule has 1 aliphatic rings. The van der Waals surface area contributed by atoms with Gasteiger partial charge in [0, 0.05) is 5.56 Å². The maximum Gasteiger partial charge on any atom is 0.160 e. The van der Waals surface area contributed by atoms with E-state index < -0.39 is 0 Å². The molecule has 0 bridgehead atoms. The maximum absolute atomic E-state index is 13.6. The van der Waals surface area contributed by atoms with E-state index in [9.17, 15) is 4.39 Å². The van der Waals surface area contributed by atoms with Crippen molar-refractivity contribution in [1.82, 2.24) is 24.3 Å². The molecule has 1 aromatic carbocycles. The molecule has 0 saturated heterocycles. The summed E-state index contributed by atoms with van der Waals surface area (Å²) in [6.07, 6.45) is 4.14. The van der Waals surface area contributed by atoms with Crippen molar-refractivity contribution in [2.24, 2.45) is 0 Å². The molecule has 0 spiro atoms. The van der Waals surface area contributed by atoms with Gasteiger partial charge in [-0.1, -0.05) is 6.92 Å². The van der Waals surface area contributed by atoms with Crippen molar-refractivity contribution in [2.45, 2.75) is 19.9 Å². The molecule has 0 radical (unpaired) electrons. The zero-order valence-electron chi connectivity index (χ0n) is 10.9. The molecule has 0 unspecified atom stereocenters. The lowest BCUT2D eigenvalue weighted by molar-refractivity contribution is 0.627. The first-order valence-electron chi connectivity index (χ1n) is 6.51. The van der Waals surface area contributed by atoms with Crippen LogP contribution >= 0.6 is 0 Å². The van der Waals surface area contributed by atoms with E-state index >= 15 is 0 Å². The molecule has 3 aromatic rings. The van der Waals surface area contributed by atoms with Crippen molar-refractivity contribution in [3.05, 3.63) is 48.1 Å². The van der Waals surface area contributed by atoms with Crippen LogP contribution in [0.2, 0.25) is 0 Å². The van der Waals surface area contributed by atoms with E-state index in [1.54, 1.807) is 17.1 Å². The normalized spacial score (nSPS) is 12.5. The number of nitrogens with zero attached hydrogens (tertiary/aromatic N) is 5. The molecule has 0 atom stereocenters. The fourth-order valence-electron chi connectivity index (χ4n) is 2.71. The third kappa shape index (κ3) is 1.44. The summed E-state index contributed by atoms with van der Waals surface area (Å²) < 4.78 is 17.4. The number of imidazole rings is 1. The highest BCUT2D eigenvalue weighted by molar-refractivity contribution is 5.69. The standard InChI is InChI=1S/C14H12FN5/c1-2-11-13-6-20-14(16-7-18-20)10-5-9(15)3-4-12(10)19(13)8-17-11/h3-5,7-8H,2,6H2,1H3. The second-order valence-corrected chi connectivity index (χ2v) is 4.76. The predicted octanol–water partition coefficient (Wildman–Crippen LogP) is 2.19. The fourth-order valence-corrected chi connectivity index (χ4v) is 2.71. The number of aryl methyl sites for hydroxylation is 1. The minimum atomic E-state index is -0.280. The lowest BCUT2D eigenvalue weighted by Crippen LogP contribution is -2.06. The number of fused-ring (bicyclic) bond motifs is 5. The van der Waals surface area contributed by atoms with Crippen LogP contribution in [0.15, 0.2) is 30.9 Å². The summed E-state index contributed by atoms with van der Waals surface area (Å²) in [5, 5.41) is 4.24. The maximum atomic E-state index is 13.6. The summed E-state index contributed by atoms with van der Waals surface area (Å²) >= 11 is 0. The van der Waals surface area contributed by atoms with Gasteiger partial charge in [0.2, 0.25) is 0 Å². The average molecular weight is 269 g/mol. The van der Waals surface area contributed by atoms with E-state index in [1.165, 1.54) is 18.5 Å². The molecule has 5 nitrogen and oxygen atoms in total. The molecule has 0 fully saturated rings. The van der Waals surface area contributed by atoms with Crippen LogP contribution in [0.25, 0.3) is 17.1 Å². The highest BCUT2D eigenvalue weighted by Gasteiger charge is 2.23. The number of hydrogen-bond donors (Lipinski definition) is 0. The van der Waals surface area contributed by atoms with Gasteiger partial charge < -0.3 is 4.57 Å². The Morgan fingerprint density at radius 2 is 2.20 bits per heavy atom. The molecule has 4 rings (SSSR count). The van der Waals surface area contributed by atoms with Gasteiger partial charge in [-0.05, 0) is 24.6 Å². The predicted molar refractivity (Wildman–Crippen MR) is 71.0 cm³/mol. The van der Waals surface area contributed by atoms with Crippen LogP contribution in [-0.4, -0.2) is 24.3 Å². The second-order valence-electron chi connectivity index (χ2n) is 4.76. The monoisotopic (exact) mass is 269 g/mol. The molecular formula is C14H12FN5. The SMILES string of the molecule is CCc1ncn2c1Cn1ncnc1-c1cc(F)ccc1-2. The van der Waals surface area contributed by atoms with E-state index in [0.717, 1.165) is 29.1 Å². The fraction of sp³-hybridized carbons (Fsp3) is 0.214. The highest BCUT2D eigenvalue weighted by atomic mass is 19.1. The average Bonchev–Trinajstić information content (AvgIpc) is 3.04. The molecule has 1 aliphatic heterocycles. The van der Waals surface area contributed by atoms with E-state index in [-0.39, 0.29) is 5.82 Å². The Labute approximate surface area is 114 Å². The molecular weight excluding hydrogens is 257 g/mol. The minimum absolute atomic E-state index is 0.280. The summed E-state index contributed by atoms with van der Waals surface area (Å²) in [6, 6.07) is 4.72. The van der Waals surface area contributed by atoms with Crippen molar-refractivity contribution < 1.29 is 4.39 Å². The minimum Gasteiger partial charge on any atom is -0.300 e. The number of benzene rings is 1. The Kier molecular flexibility index (Phi) is 2.26. The Balaban J connectivity index is 2.09. The summed E-state index contributed by atoms with van der Waals surface area (Å²) in [5.74, 6) is 0.405. The Hall–Kier alpha value is -2.50. The summed E-state index contributed by atoms with van der Waals surface area (Å²) in [6.45, 7) is 2.66. The molecule has 6 heteroatoms. The molecule has 3 heterocycles. The number of aromatic nitrogens is 5. The van der Waals surface area contributed by atoms with Crippen LogP contribution in [-0.2, 0) is 13.0 Å². The summed E-state index contributed by atoms with van der Waals surface area (Å²) in [4.78, 5) is 8.71. The van der Waals surface area contributed by atoms with Gasteiger partial charge in [0.1, 0.15) is 12.1 Å². The van der Waals surface area contributed by atoms with Crippen molar-refractivity contribution in [1.29, 1.82) is 0 Å². The zero-order chi connectivity index (χ0) is 13.7. The van der Waals surface area contributed by atoms with Crippen molar-refractivity contribution in [2.75, 3.05) is 0 Å². The topological polar surface area (TPSA) is 48.5 Å². The Morgan fingerprint density at radius 1 is 1.30 bits per heavy atom. The Morgan fingerprint density at radius 3 is 3.05 bits per heavy atom. The van der Waals surface area contributed by atoms with E-state index in [0.29, 0.717) is 12.4 Å². The summed E-state index contributed by atoms with van der Waals surface area (Å²) in [5.41, 5.74) is 3.73. The smallest absolute Gasteiger partial charge is 0.160 e. The number of rotatable bonds is 1. The largest absolute Gasteiger partial charge is 0.300 e. The van der Waals surface area contributed by atoms with E-state index in [2.05, 4.69) is 22.0 Å². The van der Waals surface area contributed by atoms with Crippen LogP contribution in [0.3, 0.4) is 0 Å². The lowest BCUT2D eigenvalue weighted by Gasteiger charge is -2.08. The first kappa shape index (κ1) is 11.3. The zero-order valence-corrected chi connectivity index (χ0v) is 10.9. The van der Waals surface area contributed by atoms with Gasteiger partial charge in [0.05, 0.1) is 29.9 Å². The van der Waals surface area contributed by atoms with Gasteiger partial charge in [-0.15, -0.1) is 0 Å². The molecule has 0 aliphatic carbocycles. The molecule has 0 N–H and O–H groups in total. The van der Waals surface area contributed by atoms with Crippen molar-refractivity contribution >= 4 is 0 Å². The van der Waals surface area contributed by atoms with Gasteiger partial charge in [0.15, 0.2) is 5.82 Å². The van der Waals surface area contributed by atoms with Gasteiger partial charge in [-0.2, -0.15) is 5.10 Å². The molecule has 0 amide bonds. The quantitative estimate of drug-likeness (QED) is 0.532. The molecule has 100 valence electrons. The third-order valence-corrected chi connectivity index (χ3v) is 3.66. The first-order valence-corrected chi connectivity index (χ1v) is 6.51. The second kappa shape index (κ2) is 4.00. The van der Waals surface area contributed by atoms with Crippen molar-refractivity contribution in [3.63, 3.8) is 0 Å². The number of hydrogen-bond acceptors (Lipinski definition) is 3. The number of halogens is 1. The van der Waals surface area contributed by atoms with Crippen LogP contribution in [0.4, 0.5) is 4.39 Å². The van der Waals surface area contributed by atoms with Crippen LogP contribution in [0.1, 0.15) is 18.3 Å². The third-order valence-electron chi connectivity index (χ3n) is 3.66. The first-order chi connectivity index (χ1) is 9.78. The van der Waals surface area contributed by atoms with Crippen LogP contribution in [0.5, 0.6) is 0 Å². The molecule has 0 saturated carbocycles. The summed E-state index contributed by atoms with van der Waals surface area (Å²) in [7, 11) is 0. The van der Waals surface area contributed by atoms with E-state index in [1.807, 2.05) is 4.57 Å². The van der Waals surface area contributed by atoms with Gasteiger partial charge in [-0.3, -0.25) is 0 Å². The lowest BCUT2D eigenvalue weighted by atomic mass is 10.1. The molecule has 2 aromatic heterocycles. The Bertz CT molecular complexity index is 802. The van der Waals surface area contributed by atoms with Crippen LogP contribution in [0, 0.1) is 5.82 Å². The van der Waals surface area contributed by atoms with Crippen LogP contribution < -0.4 is 0 Å². The molecule has 20 heavy (non-hydrogen) atoms. The van der Waals surface area contributed by atoms with Gasteiger partial charge in [-0.25, -0.2) is 19.0 Å². The van der Waals surface area contributed by atoms with Gasteiger partial charge >= 0.3 is 0 Å². The van der Waals surface area contributed by atoms with Gasteiger partial charge in [0.25, 0.3) is 0 Å². The van der Waals surface area contributed by atoms with Crippen molar-refractivity contribution in [3.8, 4) is 17.1 Å².